The first-order valence-corrected chi connectivity index (χ1v) is 7.16. The number of hydrogen-bond donors (Lipinski definition) is 0. The first-order valence-electron chi connectivity index (χ1n) is 7.16. The molecule has 0 aromatic heterocycles. The maximum atomic E-state index is 3.83. The van der Waals surface area contributed by atoms with Crippen LogP contribution in [-0.2, 0) is 0 Å². The molecule has 0 bridgehead atoms. The summed E-state index contributed by atoms with van der Waals surface area (Å²) in [6.45, 7) is 20.6. The average Bonchev–Trinajstić information content (AvgIpc) is 2.33. The van der Waals surface area contributed by atoms with Crippen molar-refractivity contribution in [3.8, 4) is 0 Å². The smallest absolute Gasteiger partial charge is 0.0233 e. The fourth-order valence-electron chi connectivity index (χ4n) is 0.723. The first-order chi connectivity index (χ1) is 8.45. The molecule has 0 fully saturated rings. The van der Waals surface area contributed by atoms with Gasteiger partial charge in [-0.1, -0.05) is 97.4 Å². The Labute approximate surface area is 116 Å². The minimum Gasteiger partial charge on any atom is -0.0955 e. The van der Waals surface area contributed by atoms with Crippen LogP contribution in [0.5, 0.6) is 0 Å². The quantitative estimate of drug-likeness (QED) is 0.512. The van der Waals surface area contributed by atoms with E-state index in [1.807, 2.05) is 39.0 Å². The standard InChI is InChI=1S/C9H10.C4H10.C3H8.C2H6/c1-8(2)9-6-4-3-5-7-9;1-4(2)3;1-3-2;1-2/h3-7H,1H2,2H3;4H,1-3H3;3H2,1-2H3;1-2H3. The summed E-state index contributed by atoms with van der Waals surface area (Å²) in [4.78, 5) is 0. The van der Waals surface area contributed by atoms with Crippen molar-refractivity contribution < 1.29 is 0 Å². The first kappa shape index (κ1) is 22.2. The van der Waals surface area contributed by atoms with Gasteiger partial charge >= 0.3 is 0 Å². The molecule has 0 saturated carbocycles. The highest BCUT2D eigenvalue weighted by Gasteiger charge is 1.86. The molecule has 0 unspecified atom stereocenters. The van der Waals surface area contributed by atoms with E-state index >= 15 is 0 Å². The van der Waals surface area contributed by atoms with Crippen LogP contribution in [0, 0.1) is 5.92 Å². The van der Waals surface area contributed by atoms with Crippen LogP contribution in [-0.4, -0.2) is 0 Å². The summed E-state index contributed by atoms with van der Waals surface area (Å²) in [5.41, 5.74) is 2.34. The van der Waals surface area contributed by atoms with Crippen molar-refractivity contribution in [1.82, 2.24) is 0 Å². The molecule has 0 amide bonds. The van der Waals surface area contributed by atoms with E-state index < -0.39 is 0 Å². The fraction of sp³-hybridized carbons (Fsp3) is 0.556. The number of benzene rings is 1. The summed E-state index contributed by atoms with van der Waals surface area (Å²) in [6.07, 6.45) is 1.25. The van der Waals surface area contributed by atoms with Crippen LogP contribution in [0.2, 0.25) is 0 Å². The Morgan fingerprint density at radius 1 is 1.00 bits per heavy atom. The van der Waals surface area contributed by atoms with Gasteiger partial charge in [-0.15, -0.1) is 0 Å². The van der Waals surface area contributed by atoms with E-state index in [1.165, 1.54) is 12.0 Å². The van der Waals surface area contributed by atoms with Gasteiger partial charge in [0.05, 0.1) is 0 Å². The zero-order chi connectivity index (χ0) is 15.0. The van der Waals surface area contributed by atoms with Crippen LogP contribution in [0.4, 0.5) is 0 Å². The molecule has 0 nitrogen and oxygen atoms in total. The van der Waals surface area contributed by atoms with E-state index in [1.54, 1.807) is 0 Å². The molecule has 0 aliphatic rings. The summed E-state index contributed by atoms with van der Waals surface area (Å²) in [7, 11) is 0. The number of rotatable bonds is 1. The zero-order valence-electron chi connectivity index (χ0n) is 13.9. The topological polar surface area (TPSA) is 0 Å². The van der Waals surface area contributed by atoms with E-state index in [4.69, 9.17) is 0 Å². The van der Waals surface area contributed by atoms with E-state index in [0.29, 0.717) is 0 Å². The van der Waals surface area contributed by atoms with Gasteiger partial charge in [0.2, 0.25) is 0 Å². The van der Waals surface area contributed by atoms with Crippen LogP contribution >= 0.6 is 0 Å². The second-order valence-corrected chi connectivity index (χ2v) is 4.59. The second kappa shape index (κ2) is 18.3. The predicted octanol–water partition coefficient (Wildman–Crippen LogP) is 6.82. The Hall–Kier alpha value is -1.04. The highest BCUT2D eigenvalue weighted by Crippen LogP contribution is 2.08. The highest BCUT2D eigenvalue weighted by molar-refractivity contribution is 5.60. The van der Waals surface area contributed by atoms with Crippen LogP contribution in [0.25, 0.3) is 5.57 Å². The van der Waals surface area contributed by atoms with Gasteiger partial charge in [0.15, 0.2) is 0 Å². The van der Waals surface area contributed by atoms with Gasteiger partial charge in [-0.25, -0.2) is 0 Å². The van der Waals surface area contributed by atoms with Crippen molar-refractivity contribution in [2.75, 3.05) is 0 Å². The third kappa shape index (κ3) is 24.3. The minimum atomic E-state index is 0.833. The lowest BCUT2D eigenvalue weighted by molar-refractivity contribution is 0.737. The minimum absolute atomic E-state index is 0.833. The third-order valence-electron chi connectivity index (χ3n) is 1.27. The van der Waals surface area contributed by atoms with Gasteiger partial charge in [0.1, 0.15) is 0 Å². The molecule has 0 saturated heterocycles. The lowest BCUT2D eigenvalue weighted by Gasteiger charge is -1.94. The van der Waals surface area contributed by atoms with Gasteiger partial charge in [-0.2, -0.15) is 0 Å². The highest BCUT2D eigenvalue weighted by atomic mass is 13.9. The molecular formula is C18H34. The normalized spacial score (nSPS) is 7.83. The molecule has 106 valence electrons. The molecule has 0 heteroatoms. The second-order valence-electron chi connectivity index (χ2n) is 4.59. The molecule has 0 aliphatic carbocycles. The van der Waals surface area contributed by atoms with E-state index in [0.717, 1.165) is 11.5 Å². The molecule has 0 atom stereocenters. The zero-order valence-corrected chi connectivity index (χ0v) is 13.9. The van der Waals surface area contributed by atoms with Crippen molar-refractivity contribution in [3.63, 3.8) is 0 Å². The van der Waals surface area contributed by atoms with Crippen molar-refractivity contribution in [2.24, 2.45) is 5.92 Å². The van der Waals surface area contributed by atoms with Gasteiger partial charge in [0, 0.05) is 0 Å². The monoisotopic (exact) mass is 250 g/mol. The van der Waals surface area contributed by atoms with Gasteiger partial charge in [-0.3, -0.25) is 0 Å². The molecular weight excluding hydrogens is 216 g/mol. The summed E-state index contributed by atoms with van der Waals surface area (Å²) in [5, 5.41) is 0. The van der Waals surface area contributed by atoms with Crippen molar-refractivity contribution in [1.29, 1.82) is 0 Å². The average molecular weight is 250 g/mol. The number of allylic oxidation sites excluding steroid dienone is 1. The molecule has 0 radical (unpaired) electrons. The SMILES string of the molecule is C=C(C)c1ccccc1.CC.CC(C)C.CCC. The van der Waals surface area contributed by atoms with Crippen molar-refractivity contribution in [3.05, 3.63) is 42.5 Å². The molecule has 1 aromatic rings. The van der Waals surface area contributed by atoms with Gasteiger partial charge in [0.25, 0.3) is 0 Å². The summed E-state index contributed by atoms with van der Waals surface area (Å²) >= 11 is 0. The van der Waals surface area contributed by atoms with Gasteiger partial charge < -0.3 is 0 Å². The molecule has 0 N–H and O–H groups in total. The van der Waals surface area contributed by atoms with Crippen LogP contribution < -0.4 is 0 Å². The maximum absolute atomic E-state index is 3.83. The fourth-order valence-corrected chi connectivity index (χ4v) is 0.723. The lowest BCUT2D eigenvalue weighted by Crippen LogP contribution is -1.72. The molecule has 18 heavy (non-hydrogen) atoms. The summed E-state index contributed by atoms with van der Waals surface area (Å²) < 4.78 is 0. The molecule has 0 heterocycles. The van der Waals surface area contributed by atoms with Crippen LogP contribution in [0.3, 0.4) is 0 Å². The Morgan fingerprint density at radius 3 is 1.44 bits per heavy atom. The van der Waals surface area contributed by atoms with Crippen LogP contribution in [0.15, 0.2) is 36.9 Å². The van der Waals surface area contributed by atoms with Crippen molar-refractivity contribution >= 4 is 5.57 Å². The third-order valence-corrected chi connectivity index (χ3v) is 1.27. The Morgan fingerprint density at radius 2 is 1.28 bits per heavy atom. The molecule has 0 spiro atoms. The summed E-state index contributed by atoms with van der Waals surface area (Å²) in [6, 6.07) is 10.2. The Bertz CT molecular complexity index is 241. The predicted molar refractivity (Wildman–Crippen MR) is 89.0 cm³/mol. The lowest BCUT2D eigenvalue weighted by atomic mass is 10.1. The van der Waals surface area contributed by atoms with Crippen molar-refractivity contribution in [2.45, 2.75) is 61.8 Å². The summed E-state index contributed by atoms with van der Waals surface area (Å²) in [5.74, 6) is 0.833. The van der Waals surface area contributed by atoms with E-state index in [2.05, 4.69) is 53.3 Å². The molecule has 0 aliphatic heterocycles. The van der Waals surface area contributed by atoms with Gasteiger partial charge in [-0.05, 0) is 18.4 Å². The van der Waals surface area contributed by atoms with Crippen LogP contribution in [0.1, 0.15) is 67.4 Å². The molecule has 1 rings (SSSR count). The van der Waals surface area contributed by atoms with E-state index in [-0.39, 0.29) is 0 Å². The maximum Gasteiger partial charge on any atom is -0.0233 e. The Kier molecular flexibility index (Phi) is 22.6. The van der Waals surface area contributed by atoms with E-state index in [9.17, 15) is 0 Å². The molecule has 1 aromatic carbocycles. The largest absolute Gasteiger partial charge is 0.0955 e. The number of hydrogen-bond acceptors (Lipinski definition) is 0. The Balaban J connectivity index is -0.000000212.